The highest BCUT2D eigenvalue weighted by atomic mass is 19.1. The Morgan fingerprint density at radius 1 is 0.642 bits per heavy atom. The second-order valence-corrected chi connectivity index (χ2v) is 15.2. The highest BCUT2D eigenvalue weighted by Crippen LogP contribution is 2.47. The number of carbonyl (C=O) groups excluding carboxylic acids is 2. The quantitative estimate of drug-likeness (QED) is 0.112. The van der Waals surface area contributed by atoms with Gasteiger partial charge in [-0.2, -0.15) is 0 Å². The van der Waals surface area contributed by atoms with E-state index in [-0.39, 0.29) is 22.3 Å². The number of aryl methyl sites for hydroxylation is 2. The molecule has 5 nitrogen and oxygen atoms in total. The fraction of sp³-hybridized carbons (Fsp3) is 0.435. The monoisotopic (exact) mass is 722 g/mol. The topological polar surface area (TPSA) is 83.8 Å². The predicted molar refractivity (Wildman–Crippen MR) is 206 cm³/mol. The van der Waals surface area contributed by atoms with Crippen LogP contribution in [-0.4, -0.2) is 28.4 Å². The molecule has 2 N–H and O–H groups in total. The van der Waals surface area contributed by atoms with Crippen LogP contribution >= 0.6 is 0 Å². The number of phenols is 2. The molecule has 0 unspecified atom stereocenters. The number of fused-ring (bicyclic) bond motifs is 2. The van der Waals surface area contributed by atoms with Gasteiger partial charge in [0.15, 0.2) is 11.6 Å². The van der Waals surface area contributed by atoms with Crippen molar-refractivity contribution in [1.82, 2.24) is 0 Å². The SMILES string of the molecule is CCCCCCCCC1CCC(c2ccc(-c3c(F)cc4c(c3O)C(=O)c3cc(F)c(-c5cc(C)c(OCCCC)c(C)c5)c(O)c3C4=O)cc2)CC1. The Labute approximate surface area is 312 Å². The first-order chi connectivity index (χ1) is 25.5. The van der Waals surface area contributed by atoms with E-state index < -0.39 is 45.8 Å². The van der Waals surface area contributed by atoms with Gasteiger partial charge in [-0.15, -0.1) is 0 Å². The zero-order chi connectivity index (χ0) is 37.8. The molecule has 2 aliphatic rings. The summed E-state index contributed by atoms with van der Waals surface area (Å²) in [7, 11) is 0. The first-order valence-electron chi connectivity index (χ1n) is 19.6. The Morgan fingerprint density at radius 3 is 1.70 bits per heavy atom. The summed E-state index contributed by atoms with van der Waals surface area (Å²) in [5, 5.41) is 22.8. The second-order valence-electron chi connectivity index (χ2n) is 15.2. The van der Waals surface area contributed by atoms with E-state index in [2.05, 4.69) is 13.8 Å². The number of halogens is 2. The number of hydrogen-bond acceptors (Lipinski definition) is 5. The van der Waals surface area contributed by atoms with E-state index in [9.17, 15) is 19.8 Å². The lowest BCUT2D eigenvalue weighted by molar-refractivity contribution is 0.0973. The zero-order valence-corrected chi connectivity index (χ0v) is 31.5. The van der Waals surface area contributed by atoms with Gasteiger partial charge in [0.1, 0.15) is 28.9 Å². The number of ketones is 2. The van der Waals surface area contributed by atoms with Crippen LogP contribution in [0.5, 0.6) is 17.2 Å². The van der Waals surface area contributed by atoms with Crippen LogP contribution in [0.1, 0.15) is 152 Å². The number of benzene rings is 4. The second kappa shape index (κ2) is 16.7. The number of phenolic OH excluding ortho intramolecular Hbond substituents is 2. The summed E-state index contributed by atoms with van der Waals surface area (Å²) >= 11 is 0. The Hall–Kier alpha value is -4.52. The van der Waals surface area contributed by atoms with Crippen molar-refractivity contribution in [2.45, 2.75) is 117 Å². The Kier molecular flexibility index (Phi) is 12.0. The summed E-state index contributed by atoms with van der Waals surface area (Å²) < 4.78 is 37.7. The lowest BCUT2D eigenvalue weighted by atomic mass is 9.76. The minimum atomic E-state index is -0.904. The molecule has 0 atom stereocenters. The van der Waals surface area contributed by atoms with Crippen LogP contribution in [0.4, 0.5) is 8.78 Å². The maximum atomic E-state index is 15.9. The number of rotatable bonds is 14. The van der Waals surface area contributed by atoms with Crippen molar-refractivity contribution < 1.29 is 33.3 Å². The van der Waals surface area contributed by atoms with Gasteiger partial charge < -0.3 is 14.9 Å². The minimum Gasteiger partial charge on any atom is -0.506 e. The molecule has 4 aromatic carbocycles. The largest absolute Gasteiger partial charge is 0.506 e. The molecule has 1 fully saturated rings. The molecule has 0 aromatic heterocycles. The van der Waals surface area contributed by atoms with Crippen LogP contribution in [0.15, 0.2) is 48.5 Å². The van der Waals surface area contributed by atoms with Gasteiger partial charge in [-0.1, -0.05) is 89.5 Å². The fourth-order valence-electron chi connectivity index (χ4n) is 8.47. The molecule has 0 saturated heterocycles. The lowest BCUT2D eigenvalue weighted by Gasteiger charge is -2.29. The van der Waals surface area contributed by atoms with Crippen molar-refractivity contribution in [3.05, 3.63) is 99.1 Å². The molecule has 1 saturated carbocycles. The molecule has 6 rings (SSSR count). The molecule has 0 radical (unpaired) electrons. The molecule has 0 amide bonds. The average molecular weight is 723 g/mol. The van der Waals surface area contributed by atoms with E-state index in [0.717, 1.165) is 60.4 Å². The number of ether oxygens (including phenoxy) is 1. The summed E-state index contributed by atoms with van der Waals surface area (Å²) in [6.07, 6.45) is 15.7. The van der Waals surface area contributed by atoms with Gasteiger partial charge in [-0.3, -0.25) is 9.59 Å². The third-order valence-corrected chi connectivity index (χ3v) is 11.4. The van der Waals surface area contributed by atoms with Crippen LogP contribution in [0.2, 0.25) is 0 Å². The minimum absolute atomic E-state index is 0.198. The molecule has 0 heterocycles. The smallest absolute Gasteiger partial charge is 0.198 e. The van der Waals surface area contributed by atoms with Crippen LogP contribution in [0, 0.1) is 31.4 Å². The van der Waals surface area contributed by atoms with Gasteiger partial charge in [-0.05, 0) is 110 Å². The van der Waals surface area contributed by atoms with E-state index in [4.69, 9.17) is 4.74 Å². The molecule has 4 aromatic rings. The molecule has 53 heavy (non-hydrogen) atoms. The third-order valence-electron chi connectivity index (χ3n) is 11.4. The predicted octanol–water partition coefficient (Wildman–Crippen LogP) is 12.3. The highest BCUT2D eigenvalue weighted by Gasteiger charge is 2.39. The summed E-state index contributed by atoms with van der Waals surface area (Å²) in [5.74, 6) is -3.04. The third kappa shape index (κ3) is 7.76. The molecule has 0 bridgehead atoms. The van der Waals surface area contributed by atoms with E-state index in [1.54, 1.807) is 24.3 Å². The van der Waals surface area contributed by atoms with Crippen molar-refractivity contribution >= 4 is 11.6 Å². The Bertz CT molecular complexity index is 1970. The summed E-state index contributed by atoms with van der Waals surface area (Å²) in [4.78, 5) is 27.8. The van der Waals surface area contributed by atoms with Gasteiger partial charge >= 0.3 is 0 Å². The molecular formula is C46H52F2O5. The first-order valence-corrected chi connectivity index (χ1v) is 19.6. The molecule has 0 aliphatic heterocycles. The number of aromatic hydroxyl groups is 2. The lowest BCUT2D eigenvalue weighted by Crippen LogP contribution is -2.22. The van der Waals surface area contributed by atoms with Crippen molar-refractivity contribution in [1.29, 1.82) is 0 Å². The van der Waals surface area contributed by atoms with Gasteiger partial charge in [0, 0.05) is 11.1 Å². The normalized spacial score (nSPS) is 16.8. The highest BCUT2D eigenvalue weighted by molar-refractivity contribution is 6.31. The van der Waals surface area contributed by atoms with Gasteiger partial charge in [0.2, 0.25) is 0 Å². The van der Waals surface area contributed by atoms with Crippen LogP contribution in [0.25, 0.3) is 22.3 Å². The summed E-state index contributed by atoms with van der Waals surface area (Å²) in [5.41, 5.74) is 1.25. The number of unbranched alkanes of at least 4 members (excludes halogenated alkanes) is 6. The average Bonchev–Trinajstić information content (AvgIpc) is 3.13. The zero-order valence-electron chi connectivity index (χ0n) is 31.5. The van der Waals surface area contributed by atoms with Crippen molar-refractivity contribution in [2.75, 3.05) is 6.61 Å². The van der Waals surface area contributed by atoms with E-state index >= 15 is 8.78 Å². The van der Waals surface area contributed by atoms with Crippen molar-refractivity contribution in [3.63, 3.8) is 0 Å². The summed E-state index contributed by atoms with van der Waals surface area (Å²) in [6.45, 7) is 8.47. The van der Waals surface area contributed by atoms with E-state index in [0.29, 0.717) is 29.4 Å². The van der Waals surface area contributed by atoms with Crippen LogP contribution in [-0.2, 0) is 0 Å². The molecule has 0 spiro atoms. The number of hydrogen-bond donors (Lipinski definition) is 2. The van der Waals surface area contributed by atoms with Crippen molar-refractivity contribution in [3.8, 4) is 39.5 Å². The first kappa shape index (κ1) is 38.2. The Balaban J connectivity index is 1.22. The number of carbonyl (C=O) groups is 2. The van der Waals surface area contributed by atoms with Crippen LogP contribution in [0.3, 0.4) is 0 Å². The van der Waals surface area contributed by atoms with Crippen LogP contribution < -0.4 is 4.74 Å². The molecular weight excluding hydrogens is 670 g/mol. The molecule has 2 aliphatic carbocycles. The van der Waals surface area contributed by atoms with E-state index in [1.807, 2.05) is 26.0 Å². The maximum absolute atomic E-state index is 15.9. The standard InChI is InChI=1S/C46H52F2O5/c1-5-7-9-10-11-12-13-29-14-16-30(17-15-29)31-18-20-32(21-19-31)38-36(47)25-34-40(44(38)51)42(49)35-26-37(48)39(45(52)41(35)43(34)50)33-23-27(3)46(28(4)24-33)53-22-8-6-2/h18-21,23-26,29-30,51-52H,5-17,22H2,1-4H3. The van der Waals surface area contributed by atoms with Gasteiger partial charge in [0.05, 0.1) is 28.9 Å². The van der Waals surface area contributed by atoms with Gasteiger partial charge in [0.25, 0.3) is 0 Å². The van der Waals surface area contributed by atoms with Gasteiger partial charge in [-0.25, -0.2) is 8.78 Å². The summed E-state index contributed by atoms with van der Waals surface area (Å²) in [6, 6.07) is 12.6. The van der Waals surface area contributed by atoms with Crippen molar-refractivity contribution in [2.24, 2.45) is 5.92 Å². The molecule has 7 heteroatoms. The fourth-order valence-corrected chi connectivity index (χ4v) is 8.47. The van der Waals surface area contributed by atoms with E-state index in [1.165, 1.54) is 57.8 Å². The Morgan fingerprint density at radius 2 is 1.15 bits per heavy atom. The molecule has 280 valence electrons. The maximum Gasteiger partial charge on any atom is 0.198 e.